The first-order chi connectivity index (χ1) is 11.1. The Morgan fingerprint density at radius 3 is 3.04 bits per heavy atom. The van der Waals surface area contributed by atoms with E-state index in [1.165, 1.54) is 22.6 Å². The molecule has 0 bridgehead atoms. The van der Waals surface area contributed by atoms with Gasteiger partial charge in [0.2, 0.25) is 5.91 Å². The molecule has 0 atom stereocenters. The van der Waals surface area contributed by atoms with E-state index < -0.39 is 0 Å². The number of rotatable bonds is 4. The Labute approximate surface area is 140 Å². The van der Waals surface area contributed by atoms with Crippen molar-refractivity contribution < 1.29 is 4.79 Å². The Morgan fingerprint density at radius 2 is 2.30 bits per heavy atom. The highest BCUT2D eigenvalue weighted by Gasteiger charge is 2.20. The summed E-state index contributed by atoms with van der Waals surface area (Å²) in [6.07, 6.45) is 2.14. The molecule has 0 spiro atoms. The van der Waals surface area contributed by atoms with Crippen molar-refractivity contribution in [3.05, 3.63) is 34.8 Å². The van der Waals surface area contributed by atoms with Crippen LogP contribution >= 0.6 is 11.3 Å². The highest BCUT2D eigenvalue weighted by molar-refractivity contribution is 7.14. The fraction of sp³-hybridized carbons (Fsp3) is 0.412. The molecule has 0 unspecified atom stereocenters. The molecule has 2 N–H and O–H groups in total. The maximum Gasteiger partial charge on any atom is 0.225 e. The van der Waals surface area contributed by atoms with Crippen molar-refractivity contribution in [1.29, 1.82) is 0 Å². The molecule has 6 heteroatoms. The summed E-state index contributed by atoms with van der Waals surface area (Å²) in [5.74, 6) is 0.0319. The molecular formula is C17H22N4OS. The third-order valence-electron chi connectivity index (χ3n) is 4.20. The second kappa shape index (κ2) is 6.58. The number of hydrogen-bond acceptors (Lipinski definition) is 5. The second-order valence-corrected chi connectivity index (χ2v) is 6.59. The van der Waals surface area contributed by atoms with E-state index in [9.17, 15) is 4.79 Å². The van der Waals surface area contributed by atoms with Crippen LogP contribution in [0.5, 0.6) is 0 Å². The van der Waals surface area contributed by atoms with E-state index in [1.807, 2.05) is 24.4 Å². The van der Waals surface area contributed by atoms with Crippen LogP contribution in [0.2, 0.25) is 0 Å². The van der Waals surface area contributed by atoms with Crippen molar-refractivity contribution in [3.8, 4) is 0 Å². The topological polar surface area (TPSA) is 62.5 Å². The molecule has 2 heterocycles. The van der Waals surface area contributed by atoms with Crippen LogP contribution in [-0.2, 0) is 17.8 Å². The normalized spacial score (nSPS) is 13.7. The zero-order valence-corrected chi connectivity index (χ0v) is 14.4. The number of amides is 1. The van der Waals surface area contributed by atoms with Crippen molar-refractivity contribution >= 4 is 33.8 Å². The number of nitrogens with two attached hydrogens (primary N) is 1. The minimum Gasteiger partial charge on any atom is -0.398 e. The number of anilines is 3. The predicted octanol–water partition coefficient (Wildman–Crippen LogP) is 3.05. The first-order valence-corrected chi connectivity index (χ1v) is 8.83. The Kier molecular flexibility index (Phi) is 4.52. The van der Waals surface area contributed by atoms with Crippen LogP contribution in [0.25, 0.3) is 0 Å². The van der Waals surface area contributed by atoms with Gasteiger partial charge in [-0.3, -0.25) is 9.69 Å². The number of nitrogen functional groups attached to an aromatic ring is 1. The molecule has 0 saturated carbocycles. The number of hydrogen-bond donors (Lipinski definition) is 1. The Morgan fingerprint density at radius 1 is 1.48 bits per heavy atom. The summed E-state index contributed by atoms with van der Waals surface area (Å²) >= 11 is 1.53. The van der Waals surface area contributed by atoms with Crippen LogP contribution in [0.4, 0.5) is 16.5 Å². The average molecular weight is 330 g/mol. The molecule has 0 fully saturated rings. The summed E-state index contributed by atoms with van der Waals surface area (Å²) in [6, 6.07) is 6.11. The first kappa shape index (κ1) is 15.8. The standard InChI is InChI=1S/C17H22N4OS/c1-3-21(12(2)22)17-19-13(11-23-17)10-20-9-5-6-14-15(18)7-4-8-16(14)20/h4,7-8,11H,3,5-6,9-10,18H2,1-2H3. The number of carbonyl (C=O) groups is 1. The monoisotopic (exact) mass is 330 g/mol. The maximum atomic E-state index is 11.6. The van der Waals surface area contributed by atoms with Gasteiger partial charge in [-0.15, -0.1) is 11.3 Å². The van der Waals surface area contributed by atoms with Crippen LogP contribution in [0.3, 0.4) is 0 Å². The molecule has 1 aliphatic rings. The summed E-state index contributed by atoms with van der Waals surface area (Å²) in [4.78, 5) is 20.3. The maximum absolute atomic E-state index is 11.6. The summed E-state index contributed by atoms with van der Waals surface area (Å²) in [6.45, 7) is 5.95. The Hall–Kier alpha value is -2.08. The zero-order valence-electron chi connectivity index (χ0n) is 13.6. The third kappa shape index (κ3) is 3.17. The van der Waals surface area contributed by atoms with Gasteiger partial charge in [0.15, 0.2) is 5.13 Å². The molecule has 0 saturated heterocycles. The summed E-state index contributed by atoms with van der Waals surface area (Å²) in [7, 11) is 0. The quantitative estimate of drug-likeness (QED) is 0.875. The van der Waals surface area contributed by atoms with Crippen molar-refractivity contribution in [1.82, 2.24) is 4.98 Å². The van der Waals surface area contributed by atoms with E-state index in [4.69, 9.17) is 5.73 Å². The zero-order chi connectivity index (χ0) is 16.4. The lowest BCUT2D eigenvalue weighted by Gasteiger charge is -2.31. The SMILES string of the molecule is CCN(C(C)=O)c1nc(CN2CCCc3c(N)cccc32)cs1. The smallest absolute Gasteiger partial charge is 0.225 e. The van der Waals surface area contributed by atoms with E-state index in [0.29, 0.717) is 6.54 Å². The molecule has 2 aromatic rings. The highest BCUT2D eigenvalue weighted by atomic mass is 32.1. The molecule has 1 aromatic heterocycles. The number of nitrogens with zero attached hydrogens (tertiary/aromatic N) is 3. The lowest BCUT2D eigenvalue weighted by molar-refractivity contribution is -0.116. The molecule has 0 radical (unpaired) electrons. The van der Waals surface area contributed by atoms with Crippen molar-refractivity contribution in [2.75, 3.05) is 28.6 Å². The molecular weight excluding hydrogens is 308 g/mol. The molecule has 1 amide bonds. The van der Waals surface area contributed by atoms with E-state index in [1.54, 1.807) is 11.8 Å². The van der Waals surface area contributed by atoms with Gasteiger partial charge in [0.25, 0.3) is 0 Å². The van der Waals surface area contributed by atoms with E-state index in [2.05, 4.69) is 16.0 Å². The van der Waals surface area contributed by atoms with Crippen LogP contribution in [0.1, 0.15) is 31.5 Å². The Bertz CT molecular complexity index is 712. The van der Waals surface area contributed by atoms with Crippen LogP contribution < -0.4 is 15.5 Å². The minimum atomic E-state index is 0.0319. The van der Waals surface area contributed by atoms with E-state index in [-0.39, 0.29) is 5.91 Å². The van der Waals surface area contributed by atoms with Gasteiger partial charge >= 0.3 is 0 Å². The molecule has 1 aromatic carbocycles. The molecule has 5 nitrogen and oxygen atoms in total. The minimum absolute atomic E-state index is 0.0319. The number of thiazole rings is 1. The van der Waals surface area contributed by atoms with Gasteiger partial charge in [-0.2, -0.15) is 0 Å². The third-order valence-corrected chi connectivity index (χ3v) is 5.12. The van der Waals surface area contributed by atoms with Gasteiger partial charge < -0.3 is 10.6 Å². The highest BCUT2D eigenvalue weighted by Crippen LogP contribution is 2.32. The second-order valence-electron chi connectivity index (χ2n) is 5.75. The van der Waals surface area contributed by atoms with Crippen molar-refractivity contribution in [3.63, 3.8) is 0 Å². The largest absolute Gasteiger partial charge is 0.398 e. The fourth-order valence-corrected chi connectivity index (χ4v) is 4.00. The van der Waals surface area contributed by atoms with Gasteiger partial charge in [0.1, 0.15) is 0 Å². The number of benzene rings is 1. The van der Waals surface area contributed by atoms with Gasteiger partial charge in [0.05, 0.1) is 12.2 Å². The van der Waals surface area contributed by atoms with Gasteiger partial charge in [-0.25, -0.2) is 4.98 Å². The van der Waals surface area contributed by atoms with Crippen LogP contribution in [0, 0.1) is 0 Å². The summed E-state index contributed by atoms with van der Waals surface area (Å²) in [5.41, 5.74) is 10.4. The van der Waals surface area contributed by atoms with Gasteiger partial charge in [-0.1, -0.05) is 6.07 Å². The molecule has 23 heavy (non-hydrogen) atoms. The molecule has 1 aliphatic heterocycles. The van der Waals surface area contributed by atoms with Crippen LogP contribution in [0.15, 0.2) is 23.6 Å². The lowest BCUT2D eigenvalue weighted by atomic mass is 10.00. The van der Waals surface area contributed by atoms with Gasteiger partial charge in [-0.05, 0) is 37.5 Å². The number of carbonyl (C=O) groups excluding carboxylic acids is 1. The number of aromatic nitrogens is 1. The molecule has 0 aliphatic carbocycles. The van der Waals surface area contributed by atoms with Gasteiger partial charge in [0, 0.05) is 36.8 Å². The predicted molar refractivity (Wildman–Crippen MR) is 96.0 cm³/mol. The summed E-state index contributed by atoms with van der Waals surface area (Å²) in [5, 5.41) is 2.82. The molecule has 3 rings (SSSR count). The lowest BCUT2D eigenvalue weighted by Crippen LogP contribution is -2.30. The average Bonchev–Trinajstić information content (AvgIpc) is 2.97. The van der Waals surface area contributed by atoms with Crippen LogP contribution in [-0.4, -0.2) is 24.0 Å². The summed E-state index contributed by atoms with van der Waals surface area (Å²) < 4.78 is 0. The molecule has 122 valence electrons. The number of fused-ring (bicyclic) bond motifs is 1. The van der Waals surface area contributed by atoms with Crippen molar-refractivity contribution in [2.24, 2.45) is 0 Å². The van der Waals surface area contributed by atoms with E-state index >= 15 is 0 Å². The Balaban J connectivity index is 1.81. The van der Waals surface area contributed by atoms with Crippen molar-refractivity contribution in [2.45, 2.75) is 33.2 Å². The first-order valence-electron chi connectivity index (χ1n) is 7.95. The fourth-order valence-electron chi connectivity index (χ4n) is 3.07. The van der Waals surface area contributed by atoms with E-state index in [0.717, 1.165) is 42.4 Å².